The summed E-state index contributed by atoms with van der Waals surface area (Å²) in [6, 6.07) is 0. The number of nitrogens with one attached hydrogen (secondary N) is 1. The third-order valence-corrected chi connectivity index (χ3v) is 4.13. The van der Waals surface area contributed by atoms with Crippen molar-refractivity contribution < 1.29 is 9.90 Å². The van der Waals surface area contributed by atoms with Crippen molar-refractivity contribution in [3.63, 3.8) is 0 Å². The number of nitrogens with zero attached hydrogens (tertiary/aromatic N) is 3. The number of aliphatic hydroxyl groups excluding tert-OH is 1. The topological polar surface area (TPSA) is 82.1 Å². The van der Waals surface area contributed by atoms with Gasteiger partial charge in [0.25, 0.3) is 0 Å². The Labute approximate surface area is 125 Å². The van der Waals surface area contributed by atoms with E-state index in [1.165, 1.54) is 0 Å². The number of aliphatic hydroxyl groups is 1. The van der Waals surface area contributed by atoms with Gasteiger partial charge in [-0.15, -0.1) is 6.58 Å². The minimum absolute atomic E-state index is 0.100. The summed E-state index contributed by atoms with van der Waals surface area (Å²) in [5, 5.41) is 16.5. The quantitative estimate of drug-likeness (QED) is 0.772. The van der Waals surface area contributed by atoms with Crippen LogP contribution >= 0.6 is 0 Å². The number of hydrogen-bond donors (Lipinski definition) is 2. The minimum Gasteiger partial charge on any atom is -0.396 e. The highest BCUT2D eigenvalue weighted by atomic mass is 16.3. The van der Waals surface area contributed by atoms with Gasteiger partial charge in [-0.1, -0.05) is 6.08 Å². The van der Waals surface area contributed by atoms with Gasteiger partial charge >= 0.3 is 0 Å². The number of rotatable bonds is 6. The van der Waals surface area contributed by atoms with Gasteiger partial charge in [0.1, 0.15) is 5.82 Å². The van der Waals surface area contributed by atoms with E-state index in [0.29, 0.717) is 25.2 Å². The number of aromatic nitrogens is 3. The van der Waals surface area contributed by atoms with Crippen LogP contribution < -0.4 is 0 Å². The molecule has 1 aromatic rings. The van der Waals surface area contributed by atoms with Crippen LogP contribution in [0.3, 0.4) is 0 Å². The molecule has 0 aromatic carbocycles. The first-order valence-electron chi connectivity index (χ1n) is 7.46. The van der Waals surface area contributed by atoms with E-state index in [1.807, 2.05) is 17.9 Å². The molecule has 1 aromatic heterocycles. The second-order valence-corrected chi connectivity index (χ2v) is 5.91. The number of carbonyl (C=O) groups is 1. The number of hydrogen-bond acceptors (Lipinski definition) is 4. The fourth-order valence-corrected chi connectivity index (χ4v) is 2.96. The summed E-state index contributed by atoms with van der Waals surface area (Å²) < 4.78 is 0. The first kappa shape index (κ1) is 15.7. The second kappa shape index (κ2) is 6.85. The number of aryl methyl sites for hydroxylation is 2. The van der Waals surface area contributed by atoms with Crippen molar-refractivity contribution in [1.29, 1.82) is 0 Å². The molecular formula is C15H24N4O2. The summed E-state index contributed by atoms with van der Waals surface area (Å²) in [7, 11) is 0. The molecule has 2 rings (SSSR count). The number of H-pyrrole nitrogens is 1. The fourth-order valence-electron chi connectivity index (χ4n) is 2.96. The summed E-state index contributed by atoms with van der Waals surface area (Å²) in [5.41, 5.74) is -0.211. The zero-order valence-electron chi connectivity index (χ0n) is 12.6. The van der Waals surface area contributed by atoms with Gasteiger partial charge in [0.05, 0.1) is 6.61 Å². The molecule has 0 spiro atoms. The highest BCUT2D eigenvalue weighted by molar-refractivity contribution is 5.76. The first-order chi connectivity index (χ1) is 10.1. The summed E-state index contributed by atoms with van der Waals surface area (Å²) in [6.07, 6.45) is 5.41. The van der Waals surface area contributed by atoms with Gasteiger partial charge in [0.2, 0.25) is 5.91 Å². The fraction of sp³-hybridized carbons (Fsp3) is 0.667. The summed E-state index contributed by atoms with van der Waals surface area (Å²) in [4.78, 5) is 18.4. The Hall–Kier alpha value is -1.69. The Morgan fingerprint density at radius 3 is 3.05 bits per heavy atom. The van der Waals surface area contributed by atoms with Crippen molar-refractivity contribution in [3.05, 3.63) is 24.3 Å². The average molecular weight is 292 g/mol. The zero-order valence-corrected chi connectivity index (χ0v) is 12.6. The minimum atomic E-state index is -0.211. The normalized spacial score (nSPS) is 22.3. The lowest BCUT2D eigenvalue weighted by Crippen LogP contribution is -2.47. The molecule has 1 fully saturated rings. The molecule has 21 heavy (non-hydrogen) atoms. The summed E-state index contributed by atoms with van der Waals surface area (Å²) >= 11 is 0. The predicted octanol–water partition coefficient (Wildman–Crippen LogP) is 1.22. The molecule has 2 heterocycles. The number of amides is 1. The largest absolute Gasteiger partial charge is 0.396 e. The van der Waals surface area contributed by atoms with Crippen molar-refractivity contribution in [2.24, 2.45) is 5.41 Å². The maximum absolute atomic E-state index is 12.3. The lowest BCUT2D eigenvalue weighted by molar-refractivity contribution is -0.135. The van der Waals surface area contributed by atoms with E-state index in [-0.39, 0.29) is 17.9 Å². The number of allylic oxidation sites excluding steroid dienone is 1. The van der Waals surface area contributed by atoms with Crippen molar-refractivity contribution in [1.82, 2.24) is 20.1 Å². The van der Waals surface area contributed by atoms with E-state index in [1.54, 1.807) is 0 Å². The number of aromatic amines is 1. The van der Waals surface area contributed by atoms with Gasteiger partial charge in [-0.2, -0.15) is 5.10 Å². The standard InChI is InChI=1S/C15H24N4O2/c1-3-7-15(11-20)8-4-9-19(10-15)14(21)6-5-13-16-12(2)17-18-13/h3,20H,1,4-11H2,2H3,(H,16,17,18). The molecule has 0 bridgehead atoms. The Bertz CT molecular complexity index is 500. The van der Waals surface area contributed by atoms with Crippen molar-refractivity contribution in [2.75, 3.05) is 19.7 Å². The van der Waals surface area contributed by atoms with Gasteiger partial charge in [0.15, 0.2) is 5.82 Å². The maximum Gasteiger partial charge on any atom is 0.223 e. The Morgan fingerprint density at radius 2 is 2.43 bits per heavy atom. The third-order valence-electron chi connectivity index (χ3n) is 4.13. The van der Waals surface area contributed by atoms with Gasteiger partial charge in [-0.05, 0) is 26.2 Å². The smallest absolute Gasteiger partial charge is 0.223 e. The molecule has 6 heteroatoms. The molecule has 116 valence electrons. The maximum atomic E-state index is 12.3. The van der Waals surface area contributed by atoms with E-state index >= 15 is 0 Å². The molecule has 0 saturated carbocycles. The van der Waals surface area contributed by atoms with Gasteiger partial charge in [-0.25, -0.2) is 4.98 Å². The number of carbonyl (C=O) groups excluding carboxylic acids is 1. The van der Waals surface area contributed by atoms with Crippen molar-refractivity contribution in [3.8, 4) is 0 Å². The Kier molecular flexibility index (Phi) is 5.12. The molecular weight excluding hydrogens is 268 g/mol. The third kappa shape index (κ3) is 3.91. The van der Waals surface area contributed by atoms with Gasteiger partial charge in [-0.3, -0.25) is 9.89 Å². The highest BCUT2D eigenvalue weighted by Crippen LogP contribution is 2.33. The monoisotopic (exact) mass is 292 g/mol. The van der Waals surface area contributed by atoms with Crippen LogP contribution in [0.2, 0.25) is 0 Å². The molecule has 1 amide bonds. The van der Waals surface area contributed by atoms with Gasteiger partial charge < -0.3 is 10.0 Å². The highest BCUT2D eigenvalue weighted by Gasteiger charge is 2.35. The molecule has 0 aliphatic carbocycles. The van der Waals surface area contributed by atoms with Crippen LogP contribution in [0.25, 0.3) is 0 Å². The molecule has 1 saturated heterocycles. The Morgan fingerprint density at radius 1 is 1.62 bits per heavy atom. The SMILES string of the molecule is C=CCC1(CO)CCCN(C(=O)CCc2n[nH]c(C)n2)C1. The molecule has 2 N–H and O–H groups in total. The van der Waals surface area contributed by atoms with E-state index in [2.05, 4.69) is 21.8 Å². The predicted molar refractivity (Wildman–Crippen MR) is 79.6 cm³/mol. The first-order valence-corrected chi connectivity index (χ1v) is 7.46. The molecule has 6 nitrogen and oxygen atoms in total. The van der Waals surface area contributed by atoms with Gasteiger partial charge in [0, 0.05) is 31.3 Å². The molecule has 1 unspecified atom stereocenters. The molecule has 1 atom stereocenters. The average Bonchev–Trinajstić information content (AvgIpc) is 2.91. The zero-order chi connectivity index (χ0) is 15.3. The van der Waals surface area contributed by atoms with Crippen LogP contribution in [-0.4, -0.2) is 50.8 Å². The van der Waals surface area contributed by atoms with Crippen LogP contribution in [0.5, 0.6) is 0 Å². The van der Waals surface area contributed by atoms with Crippen LogP contribution in [0, 0.1) is 12.3 Å². The number of likely N-dealkylation sites (tertiary alicyclic amines) is 1. The lowest BCUT2D eigenvalue weighted by Gasteiger charge is -2.41. The van der Waals surface area contributed by atoms with E-state index in [4.69, 9.17) is 0 Å². The van der Waals surface area contributed by atoms with Crippen LogP contribution in [-0.2, 0) is 11.2 Å². The summed E-state index contributed by atoms with van der Waals surface area (Å²) in [6.45, 7) is 7.08. The molecule has 0 radical (unpaired) electrons. The summed E-state index contributed by atoms with van der Waals surface area (Å²) in [5.74, 6) is 1.55. The second-order valence-electron chi connectivity index (χ2n) is 5.91. The van der Waals surface area contributed by atoms with Crippen molar-refractivity contribution in [2.45, 2.75) is 39.0 Å². The van der Waals surface area contributed by atoms with E-state index < -0.39 is 0 Å². The lowest BCUT2D eigenvalue weighted by atomic mass is 9.77. The number of piperidine rings is 1. The van der Waals surface area contributed by atoms with E-state index in [0.717, 1.165) is 31.6 Å². The molecule has 1 aliphatic rings. The Balaban J connectivity index is 1.90. The van der Waals surface area contributed by atoms with Crippen LogP contribution in [0.1, 0.15) is 37.3 Å². The van der Waals surface area contributed by atoms with E-state index in [9.17, 15) is 9.90 Å². The van der Waals surface area contributed by atoms with Crippen molar-refractivity contribution >= 4 is 5.91 Å². The molecule has 1 aliphatic heterocycles. The van der Waals surface area contributed by atoms with Crippen LogP contribution in [0.4, 0.5) is 0 Å². The van der Waals surface area contributed by atoms with Crippen LogP contribution in [0.15, 0.2) is 12.7 Å².